The summed E-state index contributed by atoms with van der Waals surface area (Å²) in [4.78, 5) is 11.8. The minimum Gasteiger partial charge on any atom is -0.482 e. The highest BCUT2D eigenvalue weighted by atomic mass is 35.5. The molecule has 0 unspecified atom stereocenters. The average Bonchev–Trinajstić information content (AvgIpc) is 2.38. The standard InChI is InChI=1S/C14H8Cl2F2O2/c15-8-3-1-4-9(16)14(8)20-7-12(19)13-10(17)5-2-6-11(13)18/h1-6H,7H2. The number of para-hydroxylation sites is 1. The van der Waals surface area contributed by atoms with Gasteiger partial charge in [0.05, 0.1) is 15.6 Å². The number of benzene rings is 2. The summed E-state index contributed by atoms with van der Waals surface area (Å²) in [6, 6.07) is 7.83. The van der Waals surface area contributed by atoms with Gasteiger partial charge in [0, 0.05) is 0 Å². The molecule has 0 aromatic heterocycles. The number of ketones is 1. The topological polar surface area (TPSA) is 26.3 Å². The number of hydrogen-bond acceptors (Lipinski definition) is 2. The SMILES string of the molecule is O=C(COc1c(Cl)cccc1Cl)c1c(F)cccc1F. The van der Waals surface area contributed by atoms with Crippen molar-refractivity contribution in [3.05, 3.63) is 63.6 Å². The van der Waals surface area contributed by atoms with Crippen LogP contribution in [-0.4, -0.2) is 12.4 Å². The second-order valence-corrected chi connectivity index (χ2v) is 4.67. The van der Waals surface area contributed by atoms with E-state index in [0.717, 1.165) is 12.1 Å². The van der Waals surface area contributed by atoms with Crippen LogP contribution in [-0.2, 0) is 0 Å². The van der Waals surface area contributed by atoms with Crippen molar-refractivity contribution in [1.82, 2.24) is 0 Å². The van der Waals surface area contributed by atoms with Crippen LogP contribution in [0, 0.1) is 11.6 Å². The molecule has 20 heavy (non-hydrogen) atoms. The van der Waals surface area contributed by atoms with Crippen LogP contribution in [0.3, 0.4) is 0 Å². The maximum Gasteiger partial charge on any atom is 0.206 e. The van der Waals surface area contributed by atoms with Crippen LogP contribution in [0.5, 0.6) is 5.75 Å². The molecular formula is C14H8Cl2F2O2. The minimum atomic E-state index is -0.941. The van der Waals surface area contributed by atoms with Gasteiger partial charge in [-0.1, -0.05) is 35.3 Å². The summed E-state index contributed by atoms with van der Waals surface area (Å²) in [7, 11) is 0. The number of carbonyl (C=O) groups is 1. The zero-order valence-corrected chi connectivity index (χ0v) is 11.5. The van der Waals surface area contributed by atoms with Gasteiger partial charge in [0.2, 0.25) is 5.78 Å². The average molecular weight is 317 g/mol. The second kappa shape index (κ2) is 6.20. The first-order chi connectivity index (χ1) is 9.50. The van der Waals surface area contributed by atoms with E-state index >= 15 is 0 Å². The quantitative estimate of drug-likeness (QED) is 0.774. The lowest BCUT2D eigenvalue weighted by Gasteiger charge is -2.09. The van der Waals surface area contributed by atoms with E-state index < -0.39 is 29.6 Å². The van der Waals surface area contributed by atoms with Gasteiger partial charge >= 0.3 is 0 Å². The Balaban J connectivity index is 2.17. The fraction of sp³-hybridized carbons (Fsp3) is 0.0714. The first kappa shape index (κ1) is 14.8. The third kappa shape index (κ3) is 3.08. The Hall–Kier alpha value is -1.65. The zero-order valence-electron chi connectivity index (χ0n) is 10.00. The maximum atomic E-state index is 13.4. The fourth-order valence-electron chi connectivity index (χ4n) is 1.59. The van der Waals surface area contributed by atoms with Crippen molar-refractivity contribution in [2.75, 3.05) is 6.61 Å². The smallest absolute Gasteiger partial charge is 0.206 e. The van der Waals surface area contributed by atoms with Crippen molar-refractivity contribution < 1.29 is 18.3 Å². The van der Waals surface area contributed by atoms with Gasteiger partial charge in [-0.05, 0) is 24.3 Å². The lowest BCUT2D eigenvalue weighted by atomic mass is 10.1. The molecule has 0 fully saturated rings. The molecule has 0 radical (unpaired) electrons. The number of carbonyl (C=O) groups excluding carboxylic acids is 1. The van der Waals surface area contributed by atoms with E-state index in [0.29, 0.717) is 0 Å². The van der Waals surface area contributed by atoms with Gasteiger partial charge in [-0.3, -0.25) is 4.79 Å². The normalized spacial score (nSPS) is 10.4. The van der Waals surface area contributed by atoms with Gasteiger partial charge in [-0.2, -0.15) is 0 Å². The lowest BCUT2D eigenvalue weighted by molar-refractivity contribution is 0.0913. The molecule has 0 bridgehead atoms. The van der Waals surface area contributed by atoms with Crippen LogP contribution < -0.4 is 4.74 Å². The van der Waals surface area contributed by atoms with Crippen molar-refractivity contribution in [1.29, 1.82) is 0 Å². The molecule has 0 aliphatic heterocycles. The third-order valence-corrected chi connectivity index (χ3v) is 3.10. The fourth-order valence-corrected chi connectivity index (χ4v) is 2.10. The summed E-state index contributed by atoms with van der Waals surface area (Å²) in [5.74, 6) is -2.62. The summed E-state index contributed by atoms with van der Waals surface area (Å²) in [5.41, 5.74) is -0.643. The van der Waals surface area contributed by atoms with E-state index in [-0.39, 0.29) is 15.8 Å². The molecule has 0 saturated heterocycles. The molecule has 2 rings (SSSR count). The van der Waals surface area contributed by atoms with Gasteiger partial charge in [0.1, 0.15) is 11.6 Å². The number of ether oxygens (including phenoxy) is 1. The largest absolute Gasteiger partial charge is 0.482 e. The highest BCUT2D eigenvalue weighted by Gasteiger charge is 2.18. The molecule has 2 nitrogen and oxygen atoms in total. The van der Waals surface area contributed by atoms with E-state index in [9.17, 15) is 13.6 Å². The van der Waals surface area contributed by atoms with Gasteiger partial charge in [0.15, 0.2) is 12.4 Å². The summed E-state index contributed by atoms with van der Waals surface area (Å²) in [6.45, 7) is -0.568. The Labute approximate surface area is 123 Å². The van der Waals surface area contributed by atoms with Gasteiger partial charge in [0.25, 0.3) is 0 Å². The number of Topliss-reactive ketones (excluding diaryl/α,β-unsaturated/α-hetero) is 1. The molecular weight excluding hydrogens is 309 g/mol. The Bertz CT molecular complexity index is 619. The van der Waals surface area contributed by atoms with Crippen molar-refractivity contribution >= 4 is 29.0 Å². The molecule has 0 aliphatic carbocycles. The van der Waals surface area contributed by atoms with Gasteiger partial charge < -0.3 is 4.74 Å². The molecule has 2 aromatic rings. The summed E-state index contributed by atoms with van der Waals surface area (Å²) in [6.07, 6.45) is 0. The highest BCUT2D eigenvalue weighted by molar-refractivity contribution is 6.37. The molecule has 0 aliphatic rings. The van der Waals surface area contributed by atoms with Crippen LogP contribution in [0.1, 0.15) is 10.4 Å². The lowest BCUT2D eigenvalue weighted by Crippen LogP contribution is -2.15. The zero-order chi connectivity index (χ0) is 14.7. The predicted molar refractivity (Wildman–Crippen MR) is 72.6 cm³/mol. The van der Waals surface area contributed by atoms with Crippen molar-refractivity contribution in [3.8, 4) is 5.75 Å². The molecule has 0 saturated carbocycles. The first-order valence-electron chi connectivity index (χ1n) is 5.54. The van der Waals surface area contributed by atoms with E-state index in [1.54, 1.807) is 6.07 Å². The summed E-state index contributed by atoms with van der Waals surface area (Å²) >= 11 is 11.7. The van der Waals surface area contributed by atoms with Gasteiger partial charge in [-0.15, -0.1) is 0 Å². The maximum absolute atomic E-state index is 13.4. The van der Waals surface area contributed by atoms with Gasteiger partial charge in [-0.25, -0.2) is 8.78 Å². The monoisotopic (exact) mass is 316 g/mol. The number of rotatable bonds is 4. The van der Waals surface area contributed by atoms with Crippen LogP contribution in [0.4, 0.5) is 8.78 Å². The van der Waals surface area contributed by atoms with Crippen molar-refractivity contribution in [3.63, 3.8) is 0 Å². The van der Waals surface area contributed by atoms with E-state index in [1.165, 1.54) is 18.2 Å². The molecule has 0 spiro atoms. The molecule has 2 aromatic carbocycles. The van der Waals surface area contributed by atoms with Crippen molar-refractivity contribution in [2.45, 2.75) is 0 Å². The van der Waals surface area contributed by atoms with Crippen LogP contribution in [0.15, 0.2) is 36.4 Å². The molecule has 0 heterocycles. The van der Waals surface area contributed by atoms with E-state index in [1.807, 2.05) is 0 Å². The summed E-state index contributed by atoms with van der Waals surface area (Å²) in [5, 5.41) is 0.415. The van der Waals surface area contributed by atoms with Crippen LogP contribution in [0.2, 0.25) is 10.0 Å². The highest BCUT2D eigenvalue weighted by Crippen LogP contribution is 2.32. The second-order valence-electron chi connectivity index (χ2n) is 3.86. The van der Waals surface area contributed by atoms with Crippen LogP contribution in [0.25, 0.3) is 0 Å². The molecule has 6 heteroatoms. The number of hydrogen-bond donors (Lipinski definition) is 0. The molecule has 0 N–H and O–H groups in total. The van der Waals surface area contributed by atoms with E-state index in [4.69, 9.17) is 27.9 Å². The van der Waals surface area contributed by atoms with E-state index in [2.05, 4.69) is 0 Å². The van der Waals surface area contributed by atoms with Crippen molar-refractivity contribution in [2.24, 2.45) is 0 Å². The Morgan fingerprint density at radius 3 is 2.05 bits per heavy atom. The molecule has 0 atom stereocenters. The molecule has 0 amide bonds. The molecule has 104 valence electrons. The first-order valence-corrected chi connectivity index (χ1v) is 6.30. The Morgan fingerprint density at radius 2 is 1.50 bits per heavy atom. The Morgan fingerprint density at radius 1 is 1.00 bits per heavy atom. The summed E-state index contributed by atoms with van der Waals surface area (Å²) < 4.78 is 32.0. The third-order valence-electron chi connectivity index (χ3n) is 2.51. The minimum absolute atomic E-state index is 0.0981. The number of halogens is 4. The van der Waals surface area contributed by atoms with Crippen LogP contribution >= 0.6 is 23.2 Å². The predicted octanol–water partition coefficient (Wildman–Crippen LogP) is 4.53. The Kier molecular flexibility index (Phi) is 4.57.